The van der Waals surface area contributed by atoms with Gasteiger partial charge in [-0.05, 0) is 23.8 Å². The molecule has 8 heteroatoms. The number of alkyl halides is 3. The highest BCUT2D eigenvalue weighted by atomic mass is 19.4. The summed E-state index contributed by atoms with van der Waals surface area (Å²) in [5.41, 5.74) is 2.34. The largest absolute Gasteiger partial charge is 0.496 e. The molecule has 0 aliphatic carbocycles. The summed E-state index contributed by atoms with van der Waals surface area (Å²) in [6, 6.07) is 13.9. The van der Waals surface area contributed by atoms with Crippen molar-refractivity contribution in [3.8, 4) is 5.75 Å². The third-order valence-corrected chi connectivity index (χ3v) is 3.88. The van der Waals surface area contributed by atoms with E-state index in [0.717, 1.165) is 0 Å². The molecule has 2 aromatic carbocycles. The van der Waals surface area contributed by atoms with Crippen molar-refractivity contribution in [3.63, 3.8) is 0 Å². The molecule has 28 heavy (non-hydrogen) atoms. The summed E-state index contributed by atoms with van der Waals surface area (Å²) in [6.45, 7) is -1.65. The molecular weight excluding hydrogens is 375 g/mol. The number of oxime groups is 1. The zero-order chi connectivity index (χ0) is 20.1. The van der Waals surface area contributed by atoms with Gasteiger partial charge in [-0.2, -0.15) is 13.2 Å². The Kier molecular flexibility index (Phi) is 5.79. The number of carbonyl (C=O) groups is 1. The summed E-state index contributed by atoms with van der Waals surface area (Å²) in [4.78, 5) is 16.9. The van der Waals surface area contributed by atoms with Gasteiger partial charge in [0.15, 0.2) is 0 Å². The van der Waals surface area contributed by atoms with Gasteiger partial charge in [0, 0.05) is 11.1 Å². The highest BCUT2D eigenvalue weighted by molar-refractivity contribution is 6.31. The average molecular weight is 391 g/mol. The third-order valence-electron chi connectivity index (χ3n) is 3.88. The number of benzene rings is 2. The molecule has 0 radical (unpaired) electrons. The SMILES string of the molecule is COc1ccc(C=C2C(=O)ON=C2c2ccccc2)cc1COCC(F)(F)F. The van der Waals surface area contributed by atoms with E-state index in [1.807, 2.05) is 18.2 Å². The first-order valence-electron chi connectivity index (χ1n) is 8.25. The Morgan fingerprint density at radius 3 is 2.57 bits per heavy atom. The van der Waals surface area contributed by atoms with Crippen molar-refractivity contribution in [2.24, 2.45) is 5.16 Å². The second-order valence-corrected chi connectivity index (χ2v) is 5.92. The van der Waals surface area contributed by atoms with E-state index in [-0.39, 0.29) is 12.2 Å². The van der Waals surface area contributed by atoms with Crippen LogP contribution in [0.25, 0.3) is 6.08 Å². The molecule has 1 heterocycles. The predicted octanol–water partition coefficient (Wildman–Crippen LogP) is 4.12. The molecule has 0 saturated carbocycles. The number of rotatable bonds is 6. The molecule has 0 atom stereocenters. The zero-order valence-electron chi connectivity index (χ0n) is 14.8. The predicted molar refractivity (Wildman–Crippen MR) is 95.8 cm³/mol. The first-order valence-corrected chi connectivity index (χ1v) is 8.25. The Morgan fingerprint density at radius 1 is 1.14 bits per heavy atom. The molecule has 0 bridgehead atoms. The number of hydrogen-bond donors (Lipinski definition) is 0. The fourth-order valence-electron chi connectivity index (χ4n) is 2.66. The summed E-state index contributed by atoms with van der Waals surface area (Å²) < 4.78 is 46.8. The van der Waals surface area contributed by atoms with Crippen molar-refractivity contribution < 1.29 is 32.3 Å². The smallest absolute Gasteiger partial charge is 0.411 e. The summed E-state index contributed by atoms with van der Waals surface area (Å²) in [5, 5.41) is 3.82. The van der Waals surface area contributed by atoms with Gasteiger partial charge in [-0.15, -0.1) is 0 Å². The molecule has 0 aromatic heterocycles. The fourth-order valence-corrected chi connectivity index (χ4v) is 2.66. The van der Waals surface area contributed by atoms with Crippen molar-refractivity contribution in [1.82, 2.24) is 0 Å². The van der Waals surface area contributed by atoms with Gasteiger partial charge in [-0.25, -0.2) is 4.79 Å². The van der Waals surface area contributed by atoms with E-state index in [1.54, 1.807) is 36.4 Å². The summed E-state index contributed by atoms with van der Waals surface area (Å²) in [5.74, 6) is -0.222. The van der Waals surface area contributed by atoms with Crippen LogP contribution in [0.4, 0.5) is 13.2 Å². The monoisotopic (exact) mass is 391 g/mol. The highest BCUT2D eigenvalue weighted by Gasteiger charge is 2.28. The molecule has 2 aromatic rings. The molecule has 0 amide bonds. The number of methoxy groups -OCH3 is 1. The van der Waals surface area contributed by atoms with Gasteiger partial charge in [0.25, 0.3) is 0 Å². The molecule has 3 rings (SSSR count). The van der Waals surface area contributed by atoms with Crippen LogP contribution in [0.5, 0.6) is 5.75 Å². The van der Waals surface area contributed by atoms with Crippen molar-refractivity contribution in [2.75, 3.05) is 13.7 Å². The lowest BCUT2D eigenvalue weighted by atomic mass is 10.00. The van der Waals surface area contributed by atoms with Gasteiger partial charge in [-0.3, -0.25) is 0 Å². The Balaban J connectivity index is 1.87. The number of ether oxygens (including phenoxy) is 2. The fraction of sp³-hybridized carbons (Fsp3) is 0.200. The molecule has 1 aliphatic rings. The van der Waals surface area contributed by atoms with Crippen LogP contribution < -0.4 is 4.74 Å². The van der Waals surface area contributed by atoms with E-state index >= 15 is 0 Å². The van der Waals surface area contributed by atoms with Crippen molar-refractivity contribution in [2.45, 2.75) is 12.8 Å². The lowest BCUT2D eigenvalue weighted by molar-refractivity contribution is -0.176. The van der Waals surface area contributed by atoms with Gasteiger partial charge >= 0.3 is 12.1 Å². The molecular formula is C20H16F3NO4. The molecule has 146 valence electrons. The van der Waals surface area contributed by atoms with Gasteiger partial charge in [0.2, 0.25) is 0 Å². The quantitative estimate of drug-likeness (QED) is 0.549. The van der Waals surface area contributed by atoms with Gasteiger partial charge in [-0.1, -0.05) is 41.6 Å². The van der Waals surface area contributed by atoms with E-state index in [4.69, 9.17) is 14.3 Å². The van der Waals surface area contributed by atoms with E-state index in [0.29, 0.717) is 28.2 Å². The standard InChI is InChI=1S/C20H16F3NO4/c1-26-17-8-7-13(9-15(17)11-27-12-20(21,22)23)10-16-18(24-28-19(16)25)14-5-3-2-4-6-14/h2-10H,11-12H2,1H3. The summed E-state index contributed by atoms with van der Waals surface area (Å²) in [6.07, 6.45) is -2.85. The minimum absolute atomic E-state index is 0.249. The van der Waals surface area contributed by atoms with Crippen LogP contribution in [0, 0.1) is 0 Å². The van der Waals surface area contributed by atoms with E-state index in [2.05, 4.69) is 5.16 Å². The Labute approximate surface area is 159 Å². The minimum atomic E-state index is -4.42. The van der Waals surface area contributed by atoms with Crippen LogP contribution in [-0.2, 0) is 21.0 Å². The maximum absolute atomic E-state index is 12.3. The minimum Gasteiger partial charge on any atom is -0.496 e. The second-order valence-electron chi connectivity index (χ2n) is 5.92. The van der Waals surface area contributed by atoms with Gasteiger partial charge in [0.1, 0.15) is 18.1 Å². The Bertz CT molecular complexity index is 921. The van der Waals surface area contributed by atoms with Crippen molar-refractivity contribution in [1.29, 1.82) is 0 Å². The van der Waals surface area contributed by atoms with Crippen LogP contribution in [-0.4, -0.2) is 31.6 Å². The van der Waals surface area contributed by atoms with E-state index < -0.39 is 18.8 Å². The number of nitrogens with zero attached hydrogens (tertiary/aromatic N) is 1. The molecule has 5 nitrogen and oxygen atoms in total. The molecule has 1 aliphatic heterocycles. The number of hydrogen-bond acceptors (Lipinski definition) is 5. The molecule has 0 fully saturated rings. The number of halogens is 3. The summed E-state index contributed by atoms with van der Waals surface area (Å²) in [7, 11) is 1.41. The van der Waals surface area contributed by atoms with Gasteiger partial charge in [0.05, 0.1) is 19.3 Å². The highest BCUT2D eigenvalue weighted by Crippen LogP contribution is 2.26. The van der Waals surface area contributed by atoms with E-state index in [1.165, 1.54) is 7.11 Å². The topological polar surface area (TPSA) is 57.1 Å². The Hall–Kier alpha value is -3.13. The average Bonchev–Trinajstić information content (AvgIpc) is 3.02. The maximum Gasteiger partial charge on any atom is 0.411 e. The van der Waals surface area contributed by atoms with Crippen LogP contribution in [0.1, 0.15) is 16.7 Å². The Morgan fingerprint density at radius 2 is 1.89 bits per heavy atom. The van der Waals surface area contributed by atoms with Crippen molar-refractivity contribution >= 4 is 17.8 Å². The summed E-state index contributed by atoms with van der Waals surface area (Å²) >= 11 is 0. The van der Waals surface area contributed by atoms with Gasteiger partial charge < -0.3 is 14.3 Å². The van der Waals surface area contributed by atoms with Crippen LogP contribution in [0.2, 0.25) is 0 Å². The lowest BCUT2D eigenvalue weighted by Gasteiger charge is -2.12. The third kappa shape index (κ3) is 4.77. The lowest BCUT2D eigenvalue weighted by Crippen LogP contribution is -2.16. The van der Waals surface area contributed by atoms with E-state index in [9.17, 15) is 18.0 Å². The van der Waals surface area contributed by atoms with Crippen LogP contribution in [0.15, 0.2) is 59.3 Å². The molecule has 0 N–H and O–H groups in total. The first-order chi connectivity index (χ1) is 13.4. The molecule has 0 spiro atoms. The van der Waals surface area contributed by atoms with Crippen molar-refractivity contribution in [3.05, 3.63) is 70.8 Å². The maximum atomic E-state index is 12.3. The normalized spacial score (nSPS) is 15.5. The molecule has 0 unspecified atom stereocenters. The second kappa shape index (κ2) is 8.26. The van der Waals surface area contributed by atoms with Crippen LogP contribution in [0.3, 0.4) is 0 Å². The molecule has 0 saturated heterocycles. The zero-order valence-corrected chi connectivity index (χ0v) is 14.8. The van der Waals surface area contributed by atoms with Crippen LogP contribution >= 0.6 is 0 Å². The number of carbonyl (C=O) groups excluding carboxylic acids is 1. The first kappa shape index (κ1) is 19.6.